The van der Waals surface area contributed by atoms with Gasteiger partial charge in [0.25, 0.3) is 0 Å². The second kappa shape index (κ2) is 5.71. The summed E-state index contributed by atoms with van der Waals surface area (Å²) in [5.41, 5.74) is 5.45. The van der Waals surface area contributed by atoms with Crippen molar-refractivity contribution in [3.05, 3.63) is 23.8 Å². The quantitative estimate of drug-likeness (QED) is 0.756. The van der Waals surface area contributed by atoms with Crippen LogP contribution in [0.2, 0.25) is 0 Å². The van der Waals surface area contributed by atoms with Crippen molar-refractivity contribution in [3.8, 4) is 6.07 Å². The minimum Gasteiger partial charge on any atom is -0.478 e. The van der Waals surface area contributed by atoms with Gasteiger partial charge in [-0.2, -0.15) is 9.57 Å². The van der Waals surface area contributed by atoms with E-state index in [4.69, 9.17) is 16.1 Å². The monoisotopic (exact) mass is 309 g/mol. The number of carbonyl (C=O) groups is 1. The summed E-state index contributed by atoms with van der Waals surface area (Å²) in [5, 5.41) is 17.8. The molecule has 1 aromatic carbocycles. The molecule has 0 unspecified atom stereocenters. The van der Waals surface area contributed by atoms with Crippen LogP contribution in [0.4, 0.5) is 5.69 Å². The zero-order chi connectivity index (χ0) is 15.6. The number of anilines is 1. The van der Waals surface area contributed by atoms with E-state index in [-0.39, 0.29) is 35.2 Å². The van der Waals surface area contributed by atoms with Crippen LogP contribution in [0.15, 0.2) is 23.1 Å². The van der Waals surface area contributed by atoms with Crippen LogP contribution in [0.3, 0.4) is 0 Å². The molecule has 0 saturated heterocycles. The standard InChI is InChI=1S/C13H15N3O4S/c14-6-1-7-16(10-3-4-10)21(19,20)12-8-9(15)2-5-11(12)13(17)18/h2,5,8,10H,1,3-4,7,15H2,(H,17,18). The zero-order valence-electron chi connectivity index (χ0n) is 11.2. The number of sulfonamides is 1. The lowest BCUT2D eigenvalue weighted by molar-refractivity contribution is 0.0692. The fourth-order valence-electron chi connectivity index (χ4n) is 2.08. The van der Waals surface area contributed by atoms with Crippen molar-refractivity contribution in [2.24, 2.45) is 0 Å². The molecule has 0 aromatic heterocycles. The predicted octanol–water partition coefficient (Wildman–Crippen LogP) is 1.03. The third kappa shape index (κ3) is 3.15. The Labute approximate surface area is 122 Å². The van der Waals surface area contributed by atoms with E-state index >= 15 is 0 Å². The highest BCUT2D eigenvalue weighted by Crippen LogP contribution is 2.33. The molecule has 21 heavy (non-hydrogen) atoms. The first-order valence-corrected chi connectivity index (χ1v) is 7.83. The number of hydrogen-bond donors (Lipinski definition) is 2. The van der Waals surface area contributed by atoms with Crippen molar-refractivity contribution >= 4 is 21.7 Å². The van der Waals surface area contributed by atoms with Gasteiger partial charge in [0, 0.05) is 24.7 Å². The van der Waals surface area contributed by atoms with Gasteiger partial charge >= 0.3 is 5.97 Å². The largest absolute Gasteiger partial charge is 0.478 e. The molecule has 3 N–H and O–H groups in total. The number of carboxylic acids is 1. The summed E-state index contributed by atoms with van der Waals surface area (Å²) in [6.45, 7) is 0.0529. The smallest absolute Gasteiger partial charge is 0.337 e. The third-order valence-corrected chi connectivity index (χ3v) is 5.21. The Balaban J connectivity index is 2.49. The SMILES string of the molecule is N#CCCN(C1CC1)S(=O)(=O)c1cc(N)ccc1C(=O)O. The minimum atomic E-state index is -3.99. The minimum absolute atomic E-state index is 0.0529. The van der Waals surface area contributed by atoms with E-state index in [1.807, 2.05) is 6.07 Å². The van der Waals surface area contributed by atoms with Gasteiger partial charge in [0.1, 0.15) is 0 Å². The van der Waals surface area contributed by atoms with E-state index in [1.54, 1.807) is 0 Å². The van der Waals surface area contributed by atoms with Crippen molar-refractivity contribution in [2.45, 2.75) is 30.2 Å². The molecule has 7 nitrogen and oxygen atoms in total. The summed E-state index contributed by atoms with van der Waals surface area (Å²) in [6.07, 6.45) is 1.49. The second-order valence-electron chi connectivity index (χ2n) is 4.82. The number of carboxylic acid groups (broad SMARTS) is 1. The molecule has 0 spiro atoms. The molecule has 1 fully saturated rings. The zero-order valence-corrected chi connectivity index (χ0v) is 12.0. The molecule has 0 aliphatic heterocycles. The molecule has 0 atom stereocenters. The van der Waals surface area contributed by atoms with Crippen LogP contribution in [0.1, 0.15) is 29.6 Å². The Morgan fingerprint density at radius 2 is 2.14 bits per heavy atom. The van der Waals surface area contributed by atoms with E-state index in [9.17, 15) is 13.2 Å². The summed E-state index contributed by atoms with van der Waals surface area (Å²) in [4.78, 5) is 10.9. The number of benzene rings is 1. The van der Waals surface area contributed by atoms with Gasteiger partial charge in [0.2, 0.25) is 10.0 Å². The summed E-state index contributed by atoms with van der Waals surface area (Å²) < 4.78 is 26.6. The van der Waals surface area contributed by atoms with Gasteiger partial charge < -0.3 is 10.8 Å². The average molecular weight is 309 g/mol. The van der Waals surface area contributed by atoms with Gasteiger partial charge in [-0.1, -0.05) is 0 Å². The fraction of sp³-hybridized carbons (Fsp3) is 0.385. The number of rotatable bonds is 6. The van der Waals surface area contributed by atoms with E-state index in [1.165, 1.54) is 16.4 Å². The van der Waals surface area contributed by atoms with Gasteiger partial charge in [-0.25, -0.2) is 13.2 Å². The Bertz CT molecular complexity index is 705. The van der Waals surface area contributed by atoms with Gasteiger partial charge in [-0.3, -0.25) is 0 Å². The van der Waals surface area contributed by atoms with Gasteiger partial charge in [-0.05, 0) is 31.0 Å². The Kier molecular flexibility index (Phi) is 4.16. The molecule has 0 bridgehead atoms. The third-order valence-electron chi connectivity index (χ3n) is 3.22. The van der Waals surface area contributed by atoms with Crippen LogP contribution in [0.5, 0.6) is 0 Å². The van der Waals surface area contributed by atoms with Crippen molar-refractivity contribution in [3.63, 3.8) is 0 Å². The van der Waals surface area contributed by atoms with Crippen LogP contribution in [0, 0.1) is 11.3 Å². The lowest BCUT2D eigenvalue weighted by atomic mass is 10.2. The highest BCUT2D eigenvalue weighted by molar-refractivity contribution is 7.89. The number of aromatic carboxylic acids is 1. The first-order chi connectivity index (χ1) is 9.87. The number of hydrogen-bond acceptors (Lipinski definition) is 5. The Morgan fingerprint density at radius 3 is 2.67 bits per heavy atom. The van der Waals surface area contributed by atoms with Crippen LogP contribution < -0.4 is 5.73 Å². The normalized spacial score (nSPS) is 14.9. The van der Waals surface area contributed by atoms with E-state index < -0.39 is 16.0 Å². The predicted molar refractivity (Wildman–Crippen MR) is 75.0 cm³/mol. The lowest BCUT2D eigenvalue weighted by Gasteiger charge is -2.21. The summed E-state index contributed by atoms with van der Waals surface area (Å²) in [5.74, 6) is -1.33. The second-order valence-corrected chi connectivity index (χ2v) is 6.67. The Hall–Kier alpha value is -2.11. The maximum atomic E-state index is 12.7. The molecule has 0 heterocycles. The van der Waals surface area contributed by atoms with E-state index in [0.29, 0.717) is 0 Å². The Morgan fingerprint density at radius 1 is 1.48 bits per heavy atom. The molecule has 1 aromatic rings. The molecule has 8 heteroatoms. The molecular weight excluding hydrogens is 294 g/mol. The molecule has 112 valence electrons. The molecule has 1 aliphatic carbocycles. The van der Waals surface area contributed by atoms with Crippen molar-refractivity contribution in [1.82, 2.24) is 4.31 Å². The number of nitrogen functional groups attached to an aromatic ring is 1. The van der Waals surface area contributed by atoms with Crippen molar-refractivity contribution in [2.75, 3.05) is 12.3 Å². The van der Waals surface area contributed by atoms with Crippen molar-refractivity contribution in [1.29, 1.82) is 5.26 Å². The van der Waals surface area contributed by atoms with Crippen LogP contribution in [-0.2, 0) is 10.0 Å². The lowest BCUT2D eigenvalue weighted by Crippen LogP contribution is -2.35. The maximum absolute atomic E-state index is 12.7. The molecule has 1 aliphatic rings. The molecule has 2 rings (SSSR count). The van der Waals surface area contributed by atoms with Gasteiger partial charge in [0.15, 0.2) is 0 Å². The fourth-order valence-corrected chi connectivity index (χ4v) is 3.98. The average Bonchev–Trinajstić information content (AvgIpc) is 3.23. The number of nitrogens with two attached hydrogens (primary N) is 1. The van der Waals surface area contributed by atoms with Crippen LogP contribution in [-0.4, -0.2) is 36.4 Å². The highest BCUT2D eigenvalue weighted by Gasteiger charge is 2.39. The first-order valence-electron chi connectivity index (χ1n) is 6.39. The van der Waals surface area contributed by atoms with Gasteiger partial charge in [0.05, 0.1) is 16.5 Å². The van der Waals surface area contributed by atoms with E-state index in [0.717, 1.165) is 18.9 Å². The topological polar surface area (TPSA) is 124 Å². The summed E-state index contributed by atoms with van der Waals surface area (Å²) >= 11 is 0. The van der Waals surface area contributed by atoms with Crippen molar-refractivity contribution < 1.29 is 18.3 Å². The summed E-state index contributed by atoms with van der Waals surface area (Å²) in [7, 11) is -3.99. The summed E-state index contributed by atoms with van der Waals surface area (Å²) in [6, 6.07) is 5.43. The van der Waals surface area contributed by atoms with Crippen LogP contribution in [0.25, 0.3) is 0 Å². The number of nitriles is 1. The highest BCUT2D eigenvalue weighted by atomic mass is 32.2. The first kappa shape index (κ1) is 15.3. The molecule has 0 amide bonds. The maximum Gasteiger partial charge on any atom is 0.337 e. The molecule has 1 saturated carbocycles. The van der Waals surface area contributed by atoms with Gasteiger partial charge in [-0.15, -0.1) is 0 Å². The van der Waals surface area contributed by atoms with E-state index in [2.05, 4.69) is 0 Å². The number of nitrogens with zero attached hydrogens (tertiary/aromatic N) is 2. The molecule has 0 radical (unpaired) electrons. The molecular formula is C13H15N3O4S. The van der Waals surface area contributed by atoms with Crippen LogP contribution >= 0.6 is 0 Å².